The van der Waals surface area contributed by atoms with Gasteiger partial charge < -0.3 is 39.5 Å². The molecule has 1 aromatic heterocycles. The first-order valence-corrected chi connectivity index (χ1v) is 17.6. The Balaban J connectivity index is 1.28. The third kappa shape index (κ3) is 10.00. The second kappa shape index (κ2) is 17.9. The molecule has 13 nitrogen and oxygen atoms in total. The lowest BCUT2D eigenvalue weighted by molar-refractivity contribution is -0.120. The van der Waals surface area contributed by atoms with Gasteiger partial charge in [0.25, 0.3) is 5.91 Å². The molecule has 1 fully saturated rings. The molecule has 1 saturated carbocycles. The number of carbonyl (C=O) groups excluding carboxylic acids is 3. The van der Waals surface area contributed by atoms with E-state index in [1.165, 1.54) is 0 Å². The number of likely N-dealkylation sites (N-methyl/N-ethyl adjacent to an activating group) is 1. The fourth-order valence-corrected chi connectivity index (χ4v) is 6.26. The Morgan fingerprint density at radius 1 is 1.14 bits per heavy atom. The Kier molecular flexibility index (Phi) is 13.7. The second-order valence-electron chi connectivity index (χ2n) is 13.6. The molecule has 1 aliphatic carbocycles. The molecular formula is C37H53N7O6. The summed E-state index contributed by atoms with van der Waals surface area (Å²) in [6.07, 6.45) is 13.5. The number of ether oxygens (including phenoxy) is 3. The number of carbonyl (C=O) groups is 3. The molecule has 0 saturated heterocycles. The van der Waals surface area contributed by atoms with Crippen LogP contribution >= 0.6 is 0 Å². The van der Waals surface area contributed by atoms with Crippen molar-refractivity contribution in [3.63, 3.8) is 0 Å². The van der Waals surface area contributed by atoms with Gasteiger partial charge in [0, 0.05) is 57.9 Å². The van der Waals surface area contributed by atoms with Crippen molar-refractivity contribution in [1.82, 2.24) is 20.2 Å². The number of terminal acetylenes is 1. The Morgan fingerprint density at radius 3 is 2.56 bits per heavy atom. The summed E-state index contributed by atoms with van der Waals surface area (Å²) in [4.78, 5) is 53.5. The van der Waals surface area contributed by atoms with Gasteiger partial charge in [-0.15, -0.1) is 12.3 Å². The number of fused-ring (bicyclic) bond motifs is 1. The van der Waals surface area contributed by atoms with Crippen molar-refractivity contribution in [3.8, 4) is 18.1 Å². The van der Waals surface area contributed by atoms with E-state index in [9.17, 15) is 14.4 Å². The normalized spacial score (nSPS) is 16.1. The summed E-state index contributed by atoms with van der Waals surface area (Å²) in [6.45, 7) is 9.81. The number of amides is 3. The molecule has 0 radical (unpaired) electrons. The summed E-state index contributed by atoms with van der Waals surface area (Å²) < 4.78 is 16.8. The summed E-state index contributed by atoms with van der Waals surface area (Å²) in [5.74, 6) is 4.00. The molecule has 0 spiro atoms. The van der Waals surface area contributed by atoms with Crippen molar-refractivity contribution in [3.05, 3.63) is 30.0 Å². The van der Waals surface area contributed by atoms with Crippen molar-refractivity contribution in [2.45, 2.75) is 96.7 Å². The number of aromatic nitrogens is 2. The lowest BCUT2D eigenvalue weighted by Gasteiger charge is -2.43. The Hall–Kier alpha value is -4.57. The van der Waals surface area contributed by atoms with E-state index >= 15 is 0 Å². The molecule has 13 heteroatoms. The second-order valence-corrected chi connectivity index (χ2v) is 13.6. The van der Waals surface area contributed by atoms with Crippen LogP contribution in [0.5, 0.6) is 5.75 Å². The predicted molar refractivity (Wildman–Crippen MR) is 194 cm³/mol. The van der Waals surface area contributed by atoms with Crippen molar-refractivity contribution in [1.29, 1.82) is 0 Å². The molecular weight excluding hydrogens is 638 g/mol. The molecule has 1 atom stereocenters. The van der Waals surface area contributed by atoms with Gasteiger partial charge in [-0.05, 0) is 71.1 Å². The van der Waals surface area contributed by atoms with Crippen molar-refractivity contribution >= 4 is 41.0 Å². The van der Waals surface area contributed by atoms with Crippen LogP contribution in [-0.2, 0) is 14.3 Å². The van der Waals surface area contributed by atoms with E-state index in [0.29, 0.717) is 87.2 Å². The molecule has 0 bridgehead atoms. The number of hydrogen-bond donors (Lipinski definition) is 2. The number of methoxy groups -OCH3 is 1. The van der Waals surface area contributed by atoms with Gasteiger partial charge in [-0.3, -0.25) is 9.59 Å². The van der Waals surface area contributed by atoms with Gasteiger partial charge in [0.05, 0.1) is 19.0 Å². The Bertz CT molecular complexity index is 1510. The molecule has 2 N–H and O–H groups in total. The van der Waals surface area contributed by atoms with Crippen LogP contribution in [0, 0.1) is 12.3 Å². The summed E-state index contributed by atoms with van der Waals surface area (Å²) in [5.41, 5.74) is 1.18. The molecule has 1 aliphatic heterocycles. The van der Waals surface area contributed by atoms with E-state index in [4.69, 9.17) is 25.6 Å². The van der Waals surface area contributed by atoms with E-state index in [-0.39, 0.29) is 30.0 Å². The van der Waals surface area contributed by atoms with Gasteiger partial charge in [-0.25, -0.2) is 9.78 Å². The SMILES string of the molecule is C#CCCN(CCCOCCCNC(=O)c1ccc(Nc2ncc3c(n2)N(C2CCCC2)[C@H](CC)C(=O)N3C)c(OC)c1)C(=O)OC(C)(C)C. The smallest absolute Gasteiger partial charge is 0.410 e. The molecule has 3 amide bonds. The molecule has 1 aromatic carbocycles. The molecule has 2 aromatic rings. The van der Waals surface area contributed by atoms with Crippen LogP contribution < -0.4 is 25.2 Å². The van der Waals surface area contributed by atoms with Gasteiger partial charge in [0.2, 0.25) is 11.9 Å². The van der Waals surface area contributed by atoms with E-state index in [2.05, 4.69) is 26.4 Å². The Morgan fingerprint density at radius 2 is 1.88 bits per heavy atom. The van der Waals surface area contributed by atoms with E-state index in [1.54, 1.807) is 48.4 Å². The number of rotatable bonds is 16. The number of anilines is 4. The van der Waals surface area contributed by atoms with E-state index in [0.717, 1.165) is 31.5 Å². The van der Waals surface area contributed by atoms with E-state index in [1.807, 2.05) is 27.7 Å². The fraction of sp³-hybridized carbons (Fsp3) is 0.595. The van der Waals surface area contributed by atoms with Gasteiger partial charge in [-0.1, -0.05) is 19.8 Å². The van der Waals surface area contributed by atoms with Crippen molar-refractivity contribution in [2.75, 3.05) is 62.1 Å². The number of nitrogens with one attached hydrogen (secondary N) is 2. The molecule has 4 rings (SSSR count). The number of benzene rings is 1. The molecule has 0 unspecified atom stereocenters. The van der Waals surface area contributed by atoms with Crippen LogP contribution in [0.25, 0.3) is 0 Å². The maximum Gasteiger partial charge on any atom is 0.410 e. The zero-order chi connectivity index (χ0) is 36.3. The third-order valence-corrected chi connectivity index (χ3v) is 8.77. The lowest BCUT2D eigenvalue weighted by atomic mass is 10.0. The third-order valence-electron chi connectivity index (χ3n) is 8.77. The van der Waals surface area contributed by atoms with Crippen LogP contribution in [0.1, 0.15) is 89.4 Å². The van der Waals surface area contributed by atoms with Crippen molar-refractivity contribution in [2.24, 2.45) is 0 Å². The Labute approximate surface area is 296 Å². The zero-order valence-corrected chi connectivity index (χ0v) is 30.4. The first kappa shape index (κ1) is 38.2. The minimum Gasteiger partial charge on any atom is -0.495 e. The largest absolute Gasteiger partial charge is 0.495 e. The zero-order valence-electron chi connectivity index (χ0n) is 30.4. The van der Waals surface area contributed by atoms with Crippen LogP contribution in [0.15, 0.2) is 24.4 Å². The predicted octanol–water partition coefficient (Wildman–Crippen LogP) is 5.52. The first-order valence-electron chi connectivity index (χ1n) is 17.6. The molecule has 272 valence electrons. The molecule has 2 aliphatic rings. The minimum absolute atomic E-state index is 0.0651. The summed E-state index contributed by atoms with van der Waals surface area (Å²) in [7, 11) is 3.32. The highest BCUT2D eigenvalue weighted by Gasteiger charge is 2.41. The van der Waals surface area contributed by atoms with Crippen molar-refractivity contribution < 1.29 is 28.6 Å². The molecule has 2 heterocycles. The fourth-order valence-electron chi connectivity index (χ4n) is 6.26. The van der Waals surface area contributed by atoms with Gasteiger partial charge in [-0.2, -0.15) is 4.98 Å². The number of hydrogen-bond acceptors (Lipinski definition) is 10. The van der Waals surface area contributed by atoms with Gasteiger partial charge in [0.1, 0.15) is 23.1 Å². The standard InChI is InChI=1S/C37H53N7O6/c1-8-10-20-43(36(47)50-37(3,4)5)21-14-23-49-22-13-19-38-33(45)26-17-18-28(31(24-26)48-7)40-35-39-25-30-32(41-35)44(27-15-11-12-16-27)29(9-2)34(46)42(30)6/h1,17-18,24-25,27,29H,9-16,19-23H2,2-7H3,(H,38,45)(H,39,40,41)/t29-/m1/s1. The summed E-state index contributed by atoms with van der Waals surface area (Å²) in [6, 6.07) is 5.17. The average Bonchev–Trinajstić information content (AvgIpc) is 3.62. The first-order chi connectivity index (χ1) is 24.0. The van der Waals surface area contributed by atoms with Gasteiger partial charge >= 0.3 is 6.09 Å². The maximum atomic E-state index is 13.2. The summed E-state index contributed by atoms with van der Waals surface area (Å²) >= 11 is 0. The minimum atomic E-state index is -0.578. The van der Waals surface area contributed by atoms with Crippen LogP contribution in [0.3, 0.4) is 0 Å². The van der Waals surface area contributed by atoms with Crippen LogP contribution in [0.4, 0.5) is 27.9 Å². The van der Waals surface area contributed by atoms with Gasteiger partial charge in [0.15, 0.2) is 5.82 Å². The van der Waals surface area contributed by atoms with E-state index < -0.39 is 5.60 Å². The monoisotopic (exact) mass is 691 g/mol. The maximum absolute atomic E-state index is 13.2. The highest BCUT2D eigenvalue weighted by molar-refractivity contribution is 6.04. The molecule has 50 heavy (non-hydrogen) atoms. The average molecular weight is 692 g/mol. The lowest BCUT2D eigenvalue weighted by Crippen LogP contribution is -2.55. The highest BCUT2D eigenvalue weighted by atomic mass is 16.6. The van der Waals surface area contributed by atoms with Crippen LogP contribution in [-0.4, -0.2) is 97.5 Å². The number of nitrogens with zero attached hydrogens (tertiary/aromatic N) is 5. The highest BCUT2D eigenvalue weighted by Crippen LogP contribution is 2.40. The topological polar surface area (TPSA) is 138 Å². The summed E-state index contributed by atoms with van der Waals surface area (Å²) in [5, 5.41) is 6.18. The quantitative estimate of drug-likeness (QED) is 0.171. The van der Waals surface area contributed by atoms with Crippen LogP contribution in [0.2, 0.25) is 0 Å².